The summed E-state index contributed by atoms with van der Waals surface area (Å²) in [6, 6.07) is 0. The van der Waals surface area contributed by atoms with Gasteiger partial charge in [-0.15, -0.1) is 0 Å². The SMILES string of the molecule is COCC(C)(CC(=O)O)NC(=O)C(C)c1c(C)nn(CC(F)(F)F)c1C. The zero-order valence-electron chi connectivity index (χ0n) is 15.4. The van der Waals surface area contributed by atoms with Gasteiger partial charge in [0.25, 0.3) is 0 Å². The number of alkyl halides is 3. The minimum absolute atomic E-state index is 0.0247. The number of carboxylic acids is 1. The van der Waals surface area contributed by atoms with Crippen molar-refractivity contribution in [1.29, 1.82) is 0 Å². The van der Waals surface area contributed by atoms with Gasteiger partial charge in [-0.25, -0.2) is 0 Å². The van der Waals surface area contributed by atoms with Gasteiger partial charge in [0.2, 0.25) is 5.91 Å². The molecule has 0 aliphatic carbocycles. The van der Waals surface area contributed by atoms with Crippen LogP contribution in [0.5, 0.6) is 0 Å². The van der Waals surface area contributed by atoms with E-state index in [0.717, 1.165) is 4.68 Å². The molecule has 0 aliphatic heterocycles. The van der Waals surface area contributed by atoms with Crippen LogP contribution in [0, 0.1) is 13.8 Å². The van der Waals surface area contributed by atoms with Crippen molar-refractivity contribution >= 4 is 11.9 Å². The number of aryl methyl sites for hydroxylation is 1. The standard InChI is InChI=1S/C16H24F3N3O4/c1-9(14(25)20-15(4,8-26-5)6-12(23)24)13-10(2)21-22(11(13)3)7-16(17,18)19/h9H,6-8H2,1-5H3,(H,20,25)(H,23,24). The molecule has 2 atom stereocenters. The van der Waals surface area contributed by atoms with Gasteiger partial charge in [-0.05, 0) is 27.7 Å². The van der Waals surface area contributed by atoms with Crippen molar-refractivity contribution < 1.29 is 32.6 Å². The van der Waals surface area contributed by atoms with Gasteiger partial charge in [0, 0.05) is 18.4 Å². The number of rotatable bonds is 8. The Labute approximate surface area is 149 Å². The van der Waals surface area contributed by atoms with Gasteiger partial charge in [0.05, 0.1) is 30.2 Å². The summed E-state index contributed by atoms with van der Waals surface area (Å²) in [6.45, 7) is 4.80. The molecule has 148 valence electrons. The number of carbonyl (C=O) groups excluding carboxylic acids is 1. The molecule has 0 spiro atoms. The third-order valence-corrected chi connectivity index (χ3v) is 4.02. The number of aliphatic carboxylic acids is 1. The van der Waals surface area contributed by atoms with Crippen LogP contribution in [-0.2, 0) is 20.9 Å². The summed E-state index contributed by atoms with van der Waals surface area (Å²) >= 11 is 0. The van der Waals surface area contributed by atoms with Gasteiger partial charge >= 0.3 is 12.1 Å². The highest BCUT2D eigenvalue weighted by molar-refractivity contribution is 5.85. The van der Waals surface area contributed by atoms with Crippen LogP contribution in [0.15, 0.2) is 0 Å². The second kappa shape index (κ2) is 8.07. The summed E-state index contributed by atoms with van der Waals surface area (Å²) in [5.41, 5.74) is -0.188. The highest BCUT2D eigenvalue weighted by atomic mass is 19.4. The number of amides is 1. The van der Waals surface area contributed by atoms with E-state index >= 15 is 0 Å². The van der Waals surface area contributed by atoms with Crippen molar-refractivity contribution in [3.8, 4) is 0 Å². The summed E-state index contributed by atoms with van der Waals surface area (Å²) in [5.74, 6) is -2.42. The summed E-state index contributed by atoms with van der Waals surface area (Å²) in [6.07, 6.45) is -4.78. The maximum Gasteiger partial charge on any atom is 0.408 e. The Bertz CT molecular complexity index is 672. The lowest BCUT2D eigenvalue weighted by Crippen LogP contribution is -2.52. The molecule has 26 heavy (non-hydrogen) atoms. The number of nitrogens with zero attached hydrogens (tertiary/aromatic N) is 2. The van der Waals surface area contributed by atoms with Crippen LogP contribution in [-0.4, -0.2) is 52.2 Å². The monoisotopic (exact) mass is 379 g/mol. The number of hydrogen-bond donors (Lipinski definition) is 2. The Balaban J connectivity index is 3.06. The Morgan fingerprint density at radius 2 is 1.92 bits per heavy atom. The summed E-state index contributed by atoms with van der Waals surface area (Å²) in [7, 11) is 1.38. The molecule has 10 heteroatoms. The molecule has 1 rings (SSSR count). The lowest BCUT2D eigenvalue weighted by molar-refractivity contribution is -0.143. The predicted molar refractivity (Wildman–Crippen MR) is 86.8 cm³/mol. The molecule has 1 aromatic rings. The fraction of sp³-hybridized carbons (Fsp3) is 0.688. The number of nitrogens with one attached hydrogen (secondary N) is 1. The van der Waals surface area contributed by atoms with Gasteiger partial charge in [0.1, 0.15) is 6.54 Å². The second-order valence-corrected chi connectivity index (χ2v) is 6.63. The Hall–Kier alpha value is -2.10. The average molecular weight is 379 g/mol. The van der Waals surface area contributed by atoms with Crippen LogP contribution in [0.1, 0.15) is 43.1 Å². The maximum atomic E-state index is 12.6. The molecule has 1 amide bonds. The highest BCUT2D eigenvalue weighted by Crippen LogP contribution is 2.27. The van der Waals surface area contributed by atoms with E-state index in [1.165, 1.54) is 34.8 Å². The molecule has 0 saturated heterocycles. The van der Waals surface area contributed by atoms with Crippen LogP contribution in [0.4, 0.5) is 13.2 Å². The molecule has 0 aromatic carbocycles. The second-order valence-electron chi connectivity index (χ2n) is 6.63. The number of methoxy groups -OCH3 is 1. The molecule has 0 fully saturated rings. The van der Waals surface area contributed by atoms with E-state index in [4.69, 9.17) is 9.84 Å². The molecule has 7 nitrogen and oxygen atoms in total. The number of carbonyl (C=O) groups is 2. The lowest BCUT2D eigenvalue weighted by Gasteiger charge is -2.30. The third kappa shape index (κ3) is 5.72. The van der Waals surface area contributed by atoms with Crippen LogP contribution in [0.3, 0.4) is 0 Å². The number of carboxylic acid groups (broad SMARTS) is 1. The van der Waals surface area contributed by atoms with Gasteiger partial charge in [-0.1, -0.05) is 0 Å². The van der Waals surface area contributed by atoms with Gasteiger partial charge in [-0.3, -0.25) is 14.3 Å². The minimum Gasteiger partial charge on any atom is -0.481 e. The van der Waals surface area contributed by atoms with Crippen molar-refractivity contribution in [3.05, 3.63) is 17.0 Å². The number of halogens is 3. The number of ether oxygens (including phenoxy) is 1. The Kier molecular flexibility index (Phi) is 6.81. The quantitative estimate of drug-likeness (QED) is 0.722. The van der Waals surface area contributed by atoms with E-state index < -0.39 is 36.1 Å². The van der Waals surface area contributed by atoms with Crippen LogP contribution in [0.25, 0.3) is 0 Å². The third-order valence-electron chi connectivity index (χ3n) is 4.02. The summed E-state index contributed by atoms with van der Waals surface area (Å²) in [5, 5.41) is 15.5. The molecule has 1 aromatic heterocycles. The number of aromatic nitrogens is 2. The summed E-state index contributed by atoms with van der Waals surface area (Å²) < 4.78 is 43.7. The molecule has 1 heterocycles. The van der Waals surface area contributed by atoms with Gasteiger partial charge < -0.3 is 15.2 Å². The first-order valence-corrected chi connectivity index (χ1v) is 7.93. The topological polar surface area (TPSA) is 93.4 Å². The van der Waals surface area contributed by atoms with E-state index in [2.05, 4.69) is 10.4 Å². The van der Waals surface area contributed by atoms with Gasteiger partial charge in [0.15, 0.2) is 0 Å². The zero-order valence-corrected chi connectivity index (χ0v) is 15.4. The molecular formula is C16H24F3N3O4. The fourth-order valence-corrected chi connectivity index (χ4v) is 2.98. The zero-order chi connectivity index (χ0) is 20.3. The minimum atomic E-state index is -4.43. The van der Waals surface area contributed by atoms with E-state index in [1.807, 2.05) is 0 Å². The first-order chi connectivity index (χ1) is 11.8. The Morgan fingerprint density at radius 1 is 1.35 bits per heavy atom. The first kappa shape index (κ1) is 21.9. The Morgan fingerprint density at radius 3 is 2.38 bits per heavy atom. The normalized spacial score (nSPS) is 15.4. The van der Waals surface area contributed by atoms with Crippen molar-refractivity contribution in [2.75, 3.05) is 13.7 Å². The van der Waals surface area contributed by atoms with Crippen LogP contribution >= 0.6 is 0 Å². The maximum absolute atomic E-state index is 12.6. The number of hydrogen-bond acceptors (Lipinski definition) is 4. The fourth-order valence-electron chi connectivity index (χ4n) is 2.98. The molecule has 0 aliphatic rings. The van der Waals surface area contributed by atoms with Crippen LogP contribution < -0.4 is 5.32 Å². The van der Waals surface area contributed by atoms with E-state index in [9.17, 15) is 22.8 Å². The molecule has 2 unspecified atom stereocenters. The molecule has 2 N–H and O–H groups in total. The van der Waals surface area contributed by atoms with Crippen molar-refractivity contribution in [2.24, 2.45) is 0 Å². The van der Waals surface area contributed by atoms with E-state index in [-0.39, 0.29) is 18.7 Å². The largest absolute Gasteiger partial charge is 0.481 e. The molecule has 0 saturated carbocycles. The molecular weight excluding hydrogens is 355 g/mol. The predicted octanol–water partition coefficient (Wildman–Crippen LogP) is 2.16. The summed E-state index contributed by atoms with van der Waals surface area (Å²) in [4.78, 5) is 23.6. The van der Waals surface area contributed by atoms with Gasteiger partial charge in [-0.2, -0.15) is 18.3 Å². The van der Waals surface area contributed by atoms with E-state index in [0.29, 0.717) is 11.3 Å². The van der Waals surface area contributed by atoms with Crippen molar-refractivity contribution in [2.45, 2.75) is 58.3 Å². The average Bonchev–Trinajstić information content (AvgIpc) is 2.69. The molecule has 0 radical (unpaired) electrons. The molecule has 0 bridgehead atoms. The first-order valence-electron chi connectivity index (χ1n) is 7.93. The lowest BCUT2D eigenvalue weighted by atomic mass is 9.94. The van der Waals surface area contributed by atoms with Crippen molar-refractivity contribution in [3.63, 3.8) is 0 Å². The van der Waals surface area contributed by atoms with E-state index in [1.54, 1.807) is 0 Å². The smallest absolute Gasteiger partial charge is 0.408 e. The van der Waals surface area contributed by atoms with Crippen LogP contribution in [0.2, 0.25) is 0 Å². The van der Waals surface area contributed by atoms with Crippen molar-refractivity contribution in [1.82, 2.24) is 15.1 Å². The highest BCUT2D eigenvalue weighted by Gasteiger charge is 2.34.